The summed E-state index contributed by atoms with van der Waals surface area (Å²) in [6.07, 6.45) is 3.87. The van der Waals surface area contributed by atoms with E-state index in [0.717, 1.165) is 48.1 Å². The molecular formula is C19H21N3O3. The maximum Gasteiger partial charge on any atom is 0.164 e. The van der Waals surface area contributed by atoms with Crippen molar-refractivity contribution in [1.29, 1.82) is 5.26 Å². The van der Waals surface area contributed by atoms with Gasteiger partial charge in [-0.15, -0.1) is 0 Å². The number of aromatic nitrogens is 1. The molecule has 2 aromatic rings. The maximum atomic E-state index is 9.69. The van der Waals surface area contributed by atoms with Crippen LogP contribution in [0.1, 0.15) is 29.7 Å². The second kappa shape index (κ2) is 6.89. The Labute approximate surface area is 147 Å². The molecule has 0 unspecified atom stereocenters. The van der Waals surface area contributed by atoms with Gasteiger partial charge in [0.15, 0.2) is 11.5 Å². The highest BCUT2D eigenvalue weighted by Gasteiger charge is 2.25. The zero-order valence-corrected chi connectivity index (χ0v) is 14.7. The topological polar surface area (TPSA) is 90.4 Å². The number of nitrogens with zero attached hydrogens (tertiary/aromatic N) is 2. The summed E-state index contributed by atoms with van der Waals surface area (Å²) in [6.45, 7) is 0. The average Bonchev–Trinajstić information content (AvgIpc) is 2.65. The Morgan fingerprint density at radius 1 is 1.00 bits per heavy atom. The molecule has 0 saturated carbocycles. The van der Waals surface area contributed by atoms with Gasteiger partial charge >= 0.3 is 0 Å². The number of rotatable bonds is 4. The number of benzene rings is 1. The third kappa shape index (κ3) is 2.82. The van der Waals surface area contributed by atoms with Crippen LogP contribution in [0.3, 0.4) is 0 Å². The van der Waals surface area contributed by atoms with E-state index in [-0.39, 0.29) is 5.82 Å². The fourth-order valence-corrected chi connectivity index (χ4v) is 3.40. The van der Waals surface area contributed by atoms with E-state index >= 15 is 0 Å². The van der Waals surface area contributed by atoms with E-state index < -0.39 is 0 Å². The Kier molecular flexibility index (Phi) is 4.66. The summed E-state index contributed by atoms with van der Waals surface area (Å²) < 4.78 is 16.4. The molecule has 0 radical (unpaired) electrons. The van der Waals surface area contributed by atoms with Crippen molar-refractivity contribution in [2.24, 2.45) is 0 Å². The van der Waals surface area contributed by atoms with Crippen molar-refractivity contribution in [2.75, 3.05) is 27.1 Å². The number of fused-ring (bicyclic) bond motifs is 1. The third-order valence-electron chi connectivity index (χ3n) is 4.59. The lowest BCUT2D eigenvalue weighted by Crippen LogP contribution is -2.12. The summed E-state index contributed by atoms with van der Waals surface area (Å²) in [7, 11) is 4.74. The number of nitrogen functional groups attached to an aromatic ring is 1. The zero-order valence-electron chi connectivity index (χ0n) is 14.7. The summed E-state index contributed by atoms with van der Waals surface area (Å²) in [5.41, 5.74) is 10.1. The molecule has 1 aromatic heterocycles. The van der Waals surface area contributed by atoms with E-state index in [4.69, 9.17) is 19.9 Å². The average molecular weight is 339 g/mol. The molecule has 0 saturated heterocycles. The van der Waals surface area contributed by atoms with E-state index in [1.807, 2.05) is 6.07 Å². The molecule has 6 nitrogen and oxygen atoms in total. The number of nitrogens with two attached hydrogens (primary N) is 1. The maximum absolute atomic E-state index is 9.69. The standard InChI is InChI=1S/C19H21N3O3/c1-23-15-9-17(25-3)16(24-2)8-12(15)18-11-6-4-5-7-14(11)22-19(21)13(18)10-20/h8-9H,4-7H2,1-3H3,(H2,21,22). The SMILES string of the molecule is COc1cc(OC)c(-c2c(C#N)c(N)nc3c2CCCC3)cc1OC. The highest BCUT2D eigenvalue weighted by molar-refractivity contribution is 5.84. The first-order chi connectivity index (χ1) is 12.1. The Bertz CT molecular complexity index is 856. The highest BCUT2D eigenvalue weighted by Crippen LogP contribution is 2.44. The van der Waals surface area contributed by atoms with E-state index in [1.165, 1.54) is 0 Å². The summed E-state index contributed by atoms with van der Waals surface area (Å²) in [5.74, 6) is 2.00. The quantitative estimate of drug-likeness (QED) is 0.920. The van der Waals surface area contributed by atoms with Crippen LogP contribution < -0.4 is 19.9 Å². The van der Waals surface area contributed by atoms with Crippen molar-refractivity contribution < 1.29 is 14.2 Å². The van der Waals surface area contributed by atoms with Crippen molar-refractivity contribution in [1.82, 2.24) is 4.98 Å². The van der Waals surface area contributed by atoms with E-state index in [2.05, 4.69) is 11.1 Å². The van der Waals surface area contributed by atoms with Crippen LogP contribution in [-0.2, 0) is 12.8 Å². The third-order valence-corrected chi connectivity index (χ3v) is 4.59. The lowest BCUT2D eigenvalue weighted by Gasteiger charge is -2.23. The number of pyridine rings is 1. The summed E-state index contributed by atoms with van der Waals surface area (Å²) in [6, 6.07) is 5.82. The molecule has 6 heteroatoms. The molecule has 0 spiro atoms. The lowest BCUT2D eigenvalue weighted by atomic mass is 9.86. The number of hydrogen-bond donors (Lipinski definition) is 1. The molecular weight excluding hydrogens is 318 g/mol. The number of aryl methyl sites for hydroxylation is 1. The molecule has 0 atom stereocenters. The monoisotopic (exact) mass is 339 g/mol. The minimum atomic E-state index is 0.259. The minimum absolute atomic E-state index is 0.259. The lowest BCUT2D eigenvalue weighted by molar-refractivity contribution is 0.349. The smallest absolute Gasteiger partial charge is 0.164 e. The van der Waals surface area contributed by atoms with E-state index in [9.17, 15) is 5.26 Å². The van der Waals surface area contributed by atoms with E-state index in [1.54, 1.807) is 27.4 Å². The molecule has 3 rings (SSSR count). The van der Waals surface area contributed by atoms with Crippen molar-refractivity contribution in [3.63, 3.8) is 0 Å². The van der Waals surface area contributed by atoms with Crippen LogP contribution in [0.25, 0.3) is 11.1 Å². The molecule has 0 aliphatic heterocycles. The number of anilines is 1. The first-order valence-corrected chi connectivity index (χ1v) is 8.16. The molecule has 1 aromatic carbocycles. The molecule has 130 valence electrons. The Balaban J connectivity index is 2.36. The van der Waals surface area contributed by atoms with Crippen LogP contribution >= 0.6 is 0 Å². The largest absolute Gasteiger partial charge is 0.496 e. The van der Waals surface area contributed by atoms with Crippen LogP contribution in [0.15, 0.2) is 12.1 Å². The number of methoxy groups -OCH3 is 3. The van der Waals surface area contributed by atoms with Gasteiger partial charge in [0, 0.05) is 22.9 Å². The minimum Gasteiger partial charge on any atom is -0.496 e. The summed E-state index contributed by atoms with van der Waals surface area (Å²) >= 11 is 0. The van der Waals surface area contributed by atoms with Crippen LogP contribution in [-0.4, -0.2) is 26.3 Å². The van der Waals surface area contributed by atoms with Gasteiger partial charge in [-0.3, -0.25) is 0 Å². The Morgan fingerprint density at radius 3 is 2.28 bits per heavy atom. The second-order valence-electron chi connectivity index (χ2n) is 5.90. The van der Waals surface area contributed by atoms with Gasteiger partial charge in [-0.25, -0.2) is 4.98 Å². The molecule has 1 heterocycles. The fourth-order valence-electron chi connectivity index (χ4n) is 3.40. The number of nitriles is 1. The van der Waals surface area contributed by atoms with Gasteiger partial charge in [-0.1, -0.05) is 0 Å². The number of hydrogen-bond acceptors (Lipinski definition) is 6. The van der Waals surface area contributed by atoms with Crippen LogP contribution in [0.5, 0.6) is 17.2 Å². The van der Waals surface area contributed by atoms with Gasteiger partial charge in [0.25, 0.3) is 0 Å². The molecule has 1 aliphatic rings. The highest BCUT2D eigenvalue weighted by atomic mass is 16.5. The molecule has 0 bridgehead atoms. The van der Waals surface area contributed by atoms with Gasteiger partial charge < -0.3 is 19.9 Å². The van der Waals surface area contributed by atoms with E-state index in [0.29, 0.717) is 22.8 Å². The predicted octanol–water partition coefficient (Wildman–Crippen LogP) is 3.11. The first kappa shape index (κ1) is 16.9. The Hall–Kier alpha value is -2.94. The first-order valence-electron chi connectivity index (χ1n) is 8.16. The van der Waals surface area contributed by atoms with Gasteiger partial charge in [0.05, 0.1) is 21.3 Å². The van der Waals surface area contributed by atoms with Crippen molar-refractivity contribution in [2.45, 2.75) is 25.7 Å². The molecule has 25 heavy (non-hydrogen) atoms. The molecule has 1 aliphatic carbocycles. The molecule has 2 N–H and O–H groups in total. The predicted molar refractivity (Wildman–Crippen MR) is 95.1 cm³/mol. The Morgan fingerprint density at radius 2 is 1.64 bits per heavy atom. The summed E-state index contributed by atoms with van der Waals surface area (Å²) in [5, 5.41) is 9.69. The fraction of sp³-hybridized carbons (Fsp3) is 0.368. The molecule has 0 amide bonds. The summed E-state index contributed by atoms with van der Waals surface area (Å²) in [4.78, 5) is 4.46. The van der Waals surface area contributed by atoms with Crippen LogP contribution in [0.4, 0.5) is 5.82 Å². The van der Waals surface area contributed by atoms with Gasteiger partial charge in [0.1, 0.15) is 23.2 Å². The van der Waals surface area contributed by atoms with Crippen LogP contribution in [0, 0.1) is 11.3 Å². The van der Waals surface area contributed by atoms with Crippen molar-refractivity contribution in [3.8, 4) is 34.4 Å². The second-order valence-corrected chi connectivity index (χ2v) is 5.90. The van der Waals surface area contributed by atoms with Gasteiger partial charge in [0.2, 0.25) is 0 Å². The normalized spacial score (nSPS) is 12.9. The van der Waals surface area contributed by atoms with Crippen LogP contribution in [0.2, 0.25) is 0 Å². The zero-order chi connectivity index (χ0) is 18.0. The van der Waals surface area contributed by atoms with Gasteiger partial charge in [-0.2, -0.15) is 5.26 Å². The van der Waals surface area contributed by atoms with Crippen molar-refractivity contribution >= 4 is 5.82 Å². The molecule has 0 fully saturated rings. The number of ether oxygens (including phenoxy) is 3. The van der Waals surface area contributed by atoms with Gasteiger partial charge in [-0.05, 0) is 37.3 Å². The van der Waals surface area contributed by atoms with Crippen molar-refractivity contribution in [3.05, 3.63) is 29.0 Å².